The molecule has 5 heteroatoms. The lowest BCUT2D eigenvalue weighted by atomic mass is 10.2. The van der Waals surface area contributed by atoms with Crippen LogP contribution in [0.1, 0.15) is 41.6 Å². The number of hydrogen-bond donors (Lipinski definition) is 2. The summed E-state index contributed by atoms with van der Waals surface area (Å²) in [6.45, 7) is 4.35. The molecule has 0 saturated carbocycles. The molecule has 2 aromatic rings. The van der Waals surface area contributed by atoms with Crippen molar-refractivity contribution in [1.29, 1.82) is 0 Å². The maximum absolute atomic E-state index is 12.0. The number of carbonyl (C=O) groups excluding carboxylic acids is 1. The Labute approximate surface area is 134 Å². The van der Waals surface area contributed by atoms with Crippen molar-refractivity contribution in [3.05, 3.63) is 52.2 Å². The summed E-state index contributed by atoms with van der Waals surface area (Å²) >= 11 is 1.52. The van der Waals surface area contributed by atoms with Crippen LogP contribution in [0.2, 0.25) is 0 Å². The number of benzene rings is 1. The molecule has 1 amide bonds. The van der Waals surface area contributed by atoms with E-state index in [4.69, 9.17) is 4.74 Å². The van der Waals surface area contributed by atoms with E-state index in [1.54, 1.807) is 24.3 Å². The van der Waals surface area contributed by atoms with Crippen molar-refractivity contribution in [2.45, 2.75) is 32.5 Å². The fraction of sp³-hybridized carbons (Fsp3) is 0.353. The normalized spacial score (nSPS) is 12.2. The van der Waals surface area contributed by atoms with Crippen LogP contribution in [0.15, 0.2) is 41.8 Å². The number of amides is 1. The van der Waals surface area contributed by atoms with Gasteiger partial charge in [-0.2, -0.15) is 0 Å². The highest BCUT2D eigenvalue weighted by Crippen LogP contribution is 2.21. The highest BCUT2D eigenvalue weighted by Gasteiger charge is 2.10. The standard InChI is InChI=1S/C17H21NO3S/c1-12(2)21-14-7-5-13(6-8-14)17(20)18-10-9-15(19)16-4-3-11-22-16/h3-8,11-12,15,19H,9-10H2,1-2H3,(H,18,20)/t15-/m0/s1. The van der Waals surface area contributed by atoms with E-state index < -0.39 is 6.10 Å². The highest BCUT2D eigenvalue weighted by molar-refractivity contribution is 7.10. The molecule has 0 aliphatic rings. The first-order valence-corrected chi connectivity index (χ1v) is 8.20. The predicted molar refractivity (Wildman–Crippen MR) is 88.4 cm³/mol. The predicted octanol–water partition coefficient (Wildman–Crippen LogP) is 3.39. The smallest absolute Gasteiger partial charge is 0.251 e. The first-order chi connectivity index (χ1) is 10.6. The average molecular weight is 319 g/mol. The minimum atomic E-state index is -0.526. The lowest BCUT2D eigenvalue weighted by molar-refractivity contribution is 0.0943. The Morgan fingerprint density at radius 2 is 2.00 bits per heavy atom. The molecule has 0 aliphatic heterocycles. The van der Waals surface area contributed by atoms with Gasteiger partial charge in [-0.1, -0.05) is 6.07 Å². The molecule has 0 bridgehead atoms. The second-order valence-corrected chi connectivity index (χ2v) is 6.25. The SMILES string of the molecule is CC(C)Oc1ccc(C(=O)NCC[C@H](O)c2cccs2)cc1. The van der Waals surface area contributed by atoms with Crippen LogP contribution < -0.4 is 10.1 Å². The topological polar surface area (TPSA) is 58.6 Å². The number of rotatable bonds is 7. The molecule has 2 N–H and O–H groups in total. The highest BCUT2D eigenvalue weighted by atomic mass is 32.1. The Kier molecular flexibility index (Phi) is 5.98. The average Bonchev–Trinajstić information content (AvgIpc) is 3.01. The Morgan fingerprint density at radius 1 is 1.27 bits per heavy atom. The van der Waals surface area contributed by atoms with E-state index >= 15 is 0 Å². The molecular formula is C17H21NO3S. The first kappa shape index (κ1) is 16.5. The van der Waals surface area contributed by atoms with Gasteiger partial charge in [0.2, 0.25) is 0 Å². The van der Waals surface area contributed by atoms with E-state index in [1.165, 1.54) is 11.3 Å². The van der Waals surface area contributed by atoms with E-state index in [2.05, 4.69) is 5.32 Å². The van der Waals surface area contributed by atoms with Crippen LogP contribution in [0.5, 0.6) is 5.75 Å². The Balaban J connectivity index is 1.79. The largest absolute Gasteiger partial charge is 0.491 e. The second-order valence-electron chi connectivity index (χ2n) is 5.27. The summed E-state index contributed by atoms with van der Waals surface area (Å²) in [4.78, 5) is 12.9. The van der Waals surface area contributed by atoms with Crippen molar-refractivity contribution in [1.82, 2.24) is 5.32 Å². The van der Waals surface area contributed by atoms with Crippen LogP contribution in [-0.2, 0) is 0 Å². The van der Waals surface area contributed by atoms with Crippen LogP contribution in [0, 0.1) is 0 Å². The molecule has 22 heavy (non-hydrogen) atoms. The molecule has 0 fully saturated rings. The summed E-state index contributed by atoms with van der Waals surface area (Å²) in [5.41, 5.74) is 0.585. The maximum Gasteiger partial charge on any atom is 0.251 e. The maximum atomic E-state index is 12.0. The van der Waals surface area contributed by atoms with Crippen LogP contribution in [0.3, 0.4) is 0 Å². The molecule has 0 unspecified atom stereocenters. The first-order valence-electron chi connectivity index (χ1n) is 7.32. The van der Waals surface area contributed by atoms with Crippen molar-refractivity contribution in [3.8, 4) is 5.75 Å². The summed E-state index contributed by atoms with van der Waals surface area (Å²) in [5, 5.41) is 14.7. The van der Waals surface area contributed by atoms with Gasteiger partial charge in [0.05, 0.1) is 12.2 Å². The van der Waals surface area contributed by atoms with Gasteiger partial charge >= 0.3 is 0 Å². The Morgan fingerprint density at radius 3 is 2.59 bits per heavy atom. The zero-order chi connectivity index (χ0) is 15.9. The van der Waals surface area contributed by atoms with Crippen LogP contribution in [-0.4, -0.2) is 23.7 Å². The number of thiophene rings is 1. The van der Waals surface area contributed by atoms with Gasteiger partial charge in [0.15, 0.2) is 0 Å². The molecule has 1 aromatic carbocycles. The van der Waals surface area contributed by atoms with Crippen LogP contribution in [0.25, 0.3) is 0 Å². The Hall–Kier alpha value is -1.85. The minimum Gasteiger partial charge on any atom is -0.491 e. The van der Waals surface area contributed by atoms with E-state index in [-0.39, 0.29) is 12.0 Å². The number of nitrogens with one attached hydrogen (secondary N) is 1. The zero-order valence-corrected chi connectivity index (χ0v) is 13.6. The van der Waals surface area contributed by atoms with Crippen molar-refractivity contribution in [3.63, 3.8) is 0 Å². The third-order valence-electron chi connectivity index (χ3n) is 3.06. The molecule has 0 spiro atoms. The van der Waals surface area contributed by atoms with Gasteiger partial charge < -0.3 is 15.2 Å². The number of hydrogen-bond acceptors (Lipinski definition) is 4. The molecule has 118 valence electrons. The van der Waals surface area contributed by atoms with Crippen molar-refractivity contribution >= 4 is 17.2 Å². The molecule has 4 nitrogen and oxygen atoms in total. The van der Waals surface area contributed by atoms with Gasteiger partial charge in [0, 0.05) is 17.0 Å². The third-order valence-corrected chi connectivity index (χ3v) is 4.04. The van der Waals surface area contributed by atoms with Crippen molar-refractivity contribution < 1.29 is 14.6 Å². The fourth-order valence-electron chi connectivity index (χ4n) is 2.00. The molecule has 2 rings (SSSR count). The van der Waals surface area contributed by atoms with E-state index in [9.17, 15) is 9.90 Å². The van der Waals surface area contributed by atoms with Gasteiger partial charge in [-0.25, -0.2) is 0 Å². The van der Waals surface area contributed by atoms with Gasteiger partial charge in [-0.15, -0.1) is 11.3 Å². The summed E-state index contributed by atoms with van der Waals surface area (Å²) in [5.74, 6) is 0.606. The minimum absolute atomic E-state index is 0.110. The zero-order valence-electron chi connectivity index (χ0n) is 12.8. The van der Waals surface area contributed by atoms with Gasteiger partial charge in [0.25, 0.3) is 5.91 Å². The van der Waals surface area contributed by atoms with E-state index in [0.29, 0.717) is 18.5 Å². The van der Waals surface area contributed by atoms with Crippen molar-refractivity contribution in [2.75, 3.05) is 6.54 Å². The molecular weight excluding hydrogens is 298 g/mol. The number of aliphatic hydroxyl groups excluding tert-OH is 1. The second kappa shape index (κ2) is 7.96. The lowest BCUT2D eigenvalue weighted by Crippen LogP contribution is -2.25. The molecule has 1 heterocycles. The monoisotopic (exact) mass is 319 g/mol. The third kappa shape index (κ3) is 4.86. The molecule has 0 saturated heterocycles. The van der Waals surface area contributed by atoms with Gasteiger partial charge in [-0.05, 0) is 56.0 Å². The summed E-state index contributed by atoms with van der Waals surface area (Å²) in [7, 11) is 0. The molecule has 1 aromatic heterocycles. The van der Waals surface area contributed by atoms with Crippen LogP contribution >= 0.6 is 11.3 Å². The Bertz CT molecular complexity index is 578. The number of aliphatic hydroxyl groups is 1. The summed E-state index contributed by atoms with van der Waals surface area (Å²) in [6, 6.07) is 10.9. The number of ether oxygens (including phenoxy) is 1. The van der Waals surface area contributed by atoms with Gasteiger partial charge in [-0.3, -0.25) is 4.79 Å². The van der Waals surface area contributed by atoms with E-state index in [1.807, 2.05) is 31.4 Å². The van der Waals surface area contributed by atoms with Crippen molar-refractivity contribution in [2.24, 2.45) is 0 Å². The van der Waals surface area contributed by atoms with Crippen LogP contribution in [0.4, 0.5) is 0 Å². The number of carbonyl (C=O) groups is 1. The summed E-state index contributed by atoms with van der Waals surface area (Å²) in [6.07, 6.45) is 0.0846. The molecule has 0 radical (unpaired) electrons. The van der Waals surface area contributed by atoms with Gasteiger partial charge in [0.1, 0.15) is 5.75 Å². The molecule has 0 aliphatic carbocycles. The fourth-order valence-corrected chi connectivity index (χ4v) is 2.75. The lowest BCUT2D eigenvalue weighted by Gasteiger charge is -2.11. The van der Waals surface area contributed by atoms with E-state index in [0.717, 1.165) is 10.6 Å². The summed E-state index contributed by atoms with van der Waals surface area (Å²) < 4.78 is 5.54. The quantitative estimate of drug-likeness (QED) is 0.822. The molecule has 1 atom stereocenters.